The van der Waals surface area contributed by atoms with E-state index in [-0.39, 0.29) is 5.56 Å². The lowest BCUT2D eigenvalue weighted by Crippen LogP contribution is -2.27. The second kappa shape index (κ2) is 7.43. The molecule has 0 fully saturated rings. The molecule has 5 nitrogen and oxygen atoms in total. The van der Waals surface area contributed by atoms with Crippen molar-refractivity contribution in [2.24, 2.45) is 0 Å². The minimum absolute atomic E-state index is 0.109. The quantitative estimate of drug-likeness (QED) is 0.490. The van der Waals surface area contributed by atoms with Crippen LogP contribution in [0.1, 0.15) is 22.3 Å². The highest BCUT2D eigenvalue weighted by Gasteiger charge is 2.13. The summed E-state index contributed by atoms with van der Waals surface area (Å²) in [6.07, 6.45) is -0.470. The first-order chi connectivity index (χ1) is 13.9. The summed E-state index contributed by atoms with van der Waals surface area (Å²) in [5.41, 5.74) is 2.63. The Balaban J connectivity index is 1.67. The largest absolute Gasteiger partial charge is 0.550 e. The van der Waals surface area contributed by atoms with Crippen LogP contribution in [0.5, 0.6) is 5.75 Å². The molecule has 146 valence electrons. The van der Waals surface area contributed by atoms with Crippen molar-refractivity contribution < 1.29 is 19.1 Å². The molecular weight excluding hydrogens is 368 g/mol. The minimum Gasteiger partial charge on any atom is -0.550 e. The first-order valence-corrected chi connectivity index (χ1v) is 9.30. The fourth-order valence-electron chi connectivity index (χ4n) is 3.60. The minimum atomic E-state index is -1.31. The van der Waals surface area contributed by atoms with E-state index in [0.717, 1.165) is 21.9 Å². The number of benzene rings is 3. The Morgan fingerprint density at radius 1 is 1.00 bits per heavy atom. The van der Waals surface area contributed by atoms with Gasteiger partial charge < -0.3 is 19.1 Å². The van der Waals surface area contributed by atoms with E-state index >= 15 is 0 Å². The number of rotatable bonds is 5. The lowest BCUT2D eigenvalue weighted by molar-refractivity contribution is -0.304. The Morgan fingerprint density at radius 3 is 2.59 bits per heavy atom. The lowest BCUT2D eigenvalue weighted by Gasteiger charge is -2.13. The zero-order valence-corrected chi connectivity index (χ0v) is 16.2. The SMILES string of the molecule is Cc1ccc2ccccc2c1COc1ccc2c(C)c(CC(=O)[O-])c(=O)oc2c1. The number of fused-ring (bicyclic) bond motifs is 2. The van der Waals surface area contributed by atoms with Crippen LogP contribution >= 0.6 is 0 Å². The summed E-state index contributed by atoms with van der Waals surface area (Å²) >= 11 is 0. The molecule has 1 aromatic heterocycles. The van der Waals surface area contributed by atoms with Crippen molar-refractivity contribution in [3.8, 4) is 5.75 Å². The highest BCUT2D eigenvalue weighted by molar-refractivity contribution is 5.87. The van der Waals surface area contributed by atoms with Gasteiger partial charge >= 0.3 is 5.63 Å². The first-order valence-electron chi connectivity index (χ1n) is 9.30. The van der Waals surface area contributed by atoms with Gasteiger partial charge in [-0.05, 0) is 47.9 Å². The summed E-state index contributed by atoms with van der Waals surface area (Å²) in [5.74, 6) is -0.745. The molecule has 4 aromatic rings. The monoisotopic (exact) mass is 387 g/mol. The number of carbonyl (C=O) groups is 1. The van der Waals surface area contributed by atoms with Gasteiger partial charge in [-0.2, -0.15) is 0 Å². The maximum Gasteiger partial charge on any atom is 0.340 e. The van der Waals surface area contributed by atoms with Crippen LogP contribution in [-0.2, 0) is 17.8 Å². The Labute approximate surface area is 167 Å². The van der Waals surface area contributed by atoms with Gasteiger partial charge in [-0.1, -0.05) is 36.4 Å². The summed E-state index contributed by atoms with van der Waals surface area (Å²) in [4.78, 5) is 23.1. The van der Waals surface area contributed by atoms with Crippen LogP contribution in [0.3, 0.4) is 0 Å². The van der Waals surface area contributed by atoms with Crippen LogP contribution < -0.4 is 15.5 Å². The molecule has 0 N–H and O–H groups in total. The maximum atomic E-state index is 12.2. The number of carboxylic acid groups (broad SMARTS) is 1. The second-order valence-corrected chi connectivity index (χ2v) is 7.07. The molecule has 0 amide bonds. The van der Waals surface area contributed by atoms with E-state index in [1.807, 2.05) is 19.1 Å². The predicted molar refractivity (Wildman–Crippen MR) is 109 cm³/mol. The molecule has 0 atom stereocenters. The van der Waals surface area contributed by atoms with Gasteiger partial charge in [-0.3, -0.25) is 0 Å². The van der Waals surface area contributed by atoms with Crippen molar-refractivity contribution in [1.82, 2.24) is 0 Å². The fraction of sp³-hybridized carbons (Fsp3) is 0.167. The van der Waals surface area contributed by atoms with E-state index < -0.39 is 18.0 Å². The second-order valence-electron chi connectivity index (χ2n) is 7.07. The number of aliphatic carboxylic acids is 1. The smallest absolute Gasteiger partial charge is 0.340 e. The normalized spacial score (nSPS) is 11.1. The van der Waals surface area contributed by atoms with Gasteiger partial charge in [0.1, 0.15) is 17.9 Å². The van der Waals surface area contributed by atoms with E-state index in [0.29, 0.717) is 28.9 Å². The van der Waals surface area contributed by atoms with Crippen LogP contribution in [0.4, 0.5) is 0 Å². The molecule has 0 saturated heterocycles. The lowest BCUT2D eigenvalue weighted by atomic mass is 10.0. The zero-order valence-electron chi connectivity index (χ0n) is 16.2. The molecule has 3 aromatic carbocycles. The third-order valence-corrected chi connectivity index (χ3v) is 5.24. The van der Waals surface area contributed by atoms with Crippen molar-refractivity contribution in [3.63, 3.8) is 0 Å². The van der Waals surface area contributed by atoms with Gasteiger partial charge in [-0.15, -0.1) is 0 Å². The summed E-state index contributed by atoms with van der Waals surface area (Å²) in [7, 11) is 0. The van der Waals surface area contributed by atoms with Gasteiger partial charge in [0.05, 0.1) is 0 Å². The molecule has 0 aliphatic carbocycles. The van der Waals surface area contributed by atoms with Crippen LogP contribution in [0.2, 0.25) is 0 Å². The van der Waals surface area contributed by atoms with E-state index in [4.69, 9.17) is 9.15 Å². The van der Waals surface area contributed by atoms with Gasteiger partial charge in [0.15, 0.2) is 0 Å². The highest BCUT2D eigenvalue weighted by Crippen LogP contribution is 2.27. The van der Waals surface area contributed by atoms with Gasteiger partial charge in [0, 0.05) is 35.0 Å². The van der Waals surface area contributed by atoms with Crippen molar-refractivity contribution in [1.29, 1.82) is 0 Å². The van der Waals surface area contributed by atoms with Crippen LogP contribution in [0.25, 0.3) is 21.7 Å². The van der Waals surface area contributed by atoms with Crippen LogP contribution in [0.15, 0.2) is 63.8 Å². The molecule has 0 spiro atoms. The van der Waals surface area contributed by atoms with Gasteiger partial charge in [-0.25, -0.2) is 4.79 Å². The maximum absolute atomic E-state index is 12.2. The van der Waals surface area contributed by atoms with Crippen molar-refractivity contribution in [2.45, 2.75) is 26.9 Å². The molecule has 0 aliphatic rings. The molecule has 1 heterocycles. The molecule has 0 unspecified atom stereocenters. The Kier molecular flexibility index (Phi) is 4.80. The number of aryl methyl sites for hydroxylation is 2. The number of hydrogen-bond acceptors (Lipinski definition) is 5. The van der Waals surface area contributed by atoms with E-state index in [9.17, 15) is 14.7 Å². The molecule has 5 heteroatoms. The number of carboxylic acids is 1. The Bertz CT molecular complexity index is 1300. The van der Waals surface area contributed by atoms with E-state index in [2.05, 4.69) is 24.3 Å². The third-order valence-electron chi connectivity index (χ3n) is 5.24. The topological polar surface area (TPSA) is 79.6 Å². The highest BCUT2D eigenvalue weighted by atomic mass is 16.5. The predicted octanol–water partition coefficient (Wildman–Crippen LogP) is 3.43. The standard InChI is InChI=1S/C24H20O5/c1-14-7-8-16-5-3-4-6-19(16)21(14)13-28-17-9-10-18-15(2)20(12-23(25)26)24(27)29-22(18)11-17/h3-11H,12-13H2,1-2H3,(H,25,26)/p-1. The molecule has 0 aliphatic heterocycles. The van der Waals surface area contributed by atoms with Crippen LogP contribution in [0, 0.1) is 13.8 Å². The number of carbonyl (C=O) groups excluding carboxylic acids is 1. The third kappa shape index (κ3) is 3.59. The number of hydrogen-bond donors (Lipinski definition) is 0. The average Bonchev–Trinajstić information content (AvgIpc) is 2.70. The van der Waals surface area contributed by atoms with Crippen molar-refractivity contribution >= 4 is 27.7 Å². The van der Waals surface area contributed by atoms with E-state index in [1.54, 1.807) is 25.1 Å². The summed E-state index contributed by atoms with van der Waals surface area (Å²) in [6.45, 7) is 4.13. The van der Waals surface area contributed by atoms with Gasteiger partial charge in [0.2, 0.25) is 0 Å². The molecule has 29 heavy (non-hydrogen) atoms. The van der Waals surface area contributed by atoms with E-state index in [1.165, 1.54) is 0 Å². The molecule has 0 radical (unpaired) electrons. The van der Waals surface area contributed by atoms with Crippen molar-refractivity contribution in [3.05, 3.63) is 87.3 Å². The zero-order chi connectivity index (χ0) is 20.5. The fourth-order valence-corrected chi connectivity index (χ4v) is 3.60. The number of ether oxygens (including phenoxy) is 1. The summed E-state index contributed by atoms with van der Waals surface area (Å²) < 4.78 is 11.3. The molecule has 0 bridgehead atoms. The summed E-state index contributed by atoms with van der Waals surface area (Å²) in [5, 5.41) is 13.9. The summed E-state index contributed by atoms with van der Waals surface area (Å²) in [6, 6.07) is 17.5. The molecular formula is C24H19O5-. The van der Waals surface area contributed by atoms with Crippen molar-refractivity contribution in [2.75, 3.05) is 0 Å². The Morgan fingerprint density at radius 2 is 1.79 bits per heavy atom. The Hall–Kier alpha value is -3.60. The molecule has 4 rings (SSSR count). The van der Waals surface area contributed by atoms with Crippen LogP contribution in [-0.4, -0.2) is 5.97 Å². The average molecular weight is 387 g/mol. The molecule has 0 saturated carbocycles. The first kappa shape index (κ1) is 18.7. The van der Waals surface area contributed by atoms with Gasteiger partial charge in [0.25, 0.3) is 0 Å².